The number of carbonyl (C=O) groups is 1. The van der Waals surface area contributed by atoms with Gasteiger partial charge in [-0.1, -0.05) is 24.3 Å². The first-order valence-corrected chi connectivity index (χ1v) is 17.0. The summed E-state index contributed by atoms with van der Waals surface area (Å²) < 4.78 is 49.2. The Morgan fingerprint density at radius 2 is 1.84 bits per heavy atom. The lowest BCUT2D eigenvalue weighted by atomic mass is 9.86. The van der Waals surface area contributed by atoms with Gasteiger partial charge in [0, 0.05) is 47.1 Å². The third-order valence-electron chi connectivity index (χ3n) is 7.01. The van der Waals surface area contributed by atoms with Crippen molar-refractivity contribution in [2.75, 3.05) is 5.32 Å². The SMILES string of the molecule is CC(C)OC(O)NC1CCC(c2ncc(-c3ccc(NC(=O)NCc4ccccc4F)cc3S(=O)(=O)NC(C)(C)C)s2)CC1. The van der Waals surface area contributed by atoms with Gasteiger partial charge in [0.15, 0.2) is 0 Å². The second kappa shape index (κ2) is 14.4. The number of nitrogens with zero attached hydrogens (tertiary/aromatic N) is 1. The van der Waals surface area contributed by atoms with Crippen molar-refractivity contribution in [3.8, 4) is 10.4 Å². The van der Waals surface area contributed by atoms with E-state index in [0.29, 0.717) is 16.0 Å². The zero-order valence-electron chi connectivity index (χ0n) is 25.7. The number of amides is 2. The molecule has 1 atom stereocenters. The number of rotatable bonds is 11. The zero-order valence-corrected chi connectivity index (χ0v) is 27.3. The Labute approximate surface area is 262 Å². The van der Waals surface area contributed by atoms with Gasteiger partial charge < -0.3 is 20.5 Å². The van der Waals surface area contributed by atoms with Crippen molar-refractivity contribution in [1.82, 2.24) is 20.3 Å². The lowest BCUT2D eigenvalue weighted by Gasteiger charge is -2.30. The first-order chi connectivity index (χ1) is 20.7. The summed E-state index contributed by atoms with van der Waals surface area (Å²) in [4.78, 5) is 18.0. The van der Waals surface area contributed by atoms with Crippen molar-refractivity contribution in [3.05, 3.63) is 65.0 Å². The minimum absolute atomic E-state index is 0.0153. The van der Waals surface area contributed by atoms with Crippen molar-refractivity contribution in [2.45, 2.75) is 102 Å². The van der Waals surface area contributed by atoms with Crippen LogP contribution in [0.15, 0.2) is 53.6 Å². The molecule has 0 saturated heterocycles. The Morgan fingerprint density at radius 3 is 2.50 bits per heavy atom. The molecule has 1 fully saturated rings. The van der Waals surface area contributed by atoms with Gasteiger partial charge in [0.25, 0.3) is 0 Å². The van der Waals surface area contributed by atoms with Crippen molar-refractivity contribution in [3.63, 3.8) is 0 Å². The highest BCUT2D eigenvalue weighted by Crippen LogP contribution is 2.40. The number of aliphatic hydroxyl groups is 1. The van der Waals surface area contributed by atoms with Crippen LogP contribution >= 0.6 is 11.3 Å². The number of urea groups is 1. The number of anilines is 1. The lowest BCUT2D eigenvalue weighted by molar-refractivity contribution is -0.150. The molecule has 0 radical (unpaired) electrons. The number of benzene rings is 2. The fraction of sp³-hybridized carbons (Fsp3) is 0.484. The number of sulfonamides is 1. The normalized spacial score (nSPS) is 18.3. The quantitative estimate of drug-likeness (QED) is 0.169. The number of nitrogens with one attached hydrogen (secondary N) is 4. The maximum Gasteiger partial charge on any atom is 0.319 e. The van der Waals surface area contributed by atoms with Crippen LogP contribution in [-0.4, -0.2) is 48.6 Å². The Kier molecular flexibility index (Phi) is 11.1. The van der Waals surface area contributed by atoms with Crippen LogP contribution in [0.2, 0.25) is 0 Å². The van der Waals surface area contributed by atoms with Crippen LogP contribution in [0.4, 0.5) is 14.9 Å². The van der Waals surface area contributed by atoms with Crippen LogP contribution in [-0.2, 0) is 21.3 Å². The highest BCUT2D eigenvalue weighted by atomic mass is 32.2. The predicted molar refractivity (Wildman–Crippen MR) is 170 cm³/mol. The molecule has 1 aromatic heterocycles. The van der Waals surface area contributed by atoms with E-state index < -0.39 is 33.8 Å². The van der Waals surface area contributed by atoms with E-state index in [4.69, 9.17) is 4.74 Å². The summed E-state index contributed by atoms with van der Waals surface area (Å²) in [6.07, 6.45) is 4.08. The molecule has 10 nitrogen and oxygen atoms in total. The molecule has 240 valence electrons. The van der Waals surface area contributed by atoms with E-state index in [1.165, 1.54) is 23.5 Å². The molecule has 1 aliphatic rings. The van der Waals surface area contributed by atoms with Crippen molar-refractivity contribution in [2.24, 2.45) is 0 Å². The third-order valence-corrected chi connectivity index (χ3v) is 10.0. The average Bonchev–Trinajstić information content (AvgIpc) is 3.41. The van der Waals surface area contributed by atoms with Gasteiger partial charge in [0.1, 0.15) is 5.82 Å². The standard InChI is InChI=1S/C31H42FN5O5S2/c1-19(2)42-30(39)36-22-12-10-20(11-13-22)28-33-18-26(43-28)24-15-14-23(16-27(24)44(40,41)37-31(3,4)5)35-29(38)34-17-21-8-6-7-9-25(21)32/h6-9,14-16,18-20,22,30,36-37,39H,10-13,17H2,1-5H3,(H2,34,35,38). The van der Waals surface area contributed by atoms with Gasteiger partial charge in [0.05, 0.1) is 20.9 Å². The molecule has 1 aliphatic carbocycles. The molecule has 1 saturated carbocycles. The third kappa shape index (κ3) is 9.53. The summed E-state index contributed by atoms with van der Waals surface area (Å²) in [5.74, 6) is -0.204. The van der Waals surface area contributed by atoms with Crippen LogP contribution in [0, 0.1) is 5.82 Å². The topological polar surface area (TPSA) is 142 Å². The minimum Gasteiger partial charge on any atom is -0.356 e. The molecule has 44 heavy (non-hydrogen) atoms. The fourth-order valence-corrected chi connectivity index (χ4v) is 7.94. The molecule has 3 aromatic rings. The second-order valence-electron chi connectivity index (χ2n) is 12.3. The highest BCUT2D eigenvalue weighted by Gasteiger charge is 2.29. The van der Waals surface area contributed by atoms with E-state index in [1.807, 2.05) is 13.8 Å². The van der Waals surface area contributed by atoms with Crippen LogP contribution in [0.1, 0.15) is 76.8 Å². The lowest BCUT2D eigenvalue weighted by Crippen LogP contribution is -2.42. The van der Waals surface area contributed by atoms with Crippen molar-refractivity contribution < 1.29 is 27.4 Å². The molecule has 0 bridgehead atoms. The first kappa shape index (κ1) is 33.9. The maximum atomic E-state index is 13.9. The van der Waals surface area contributed by atoms with Gasteiger partial charge in [-0.2, -0.15) is 0 Å². The molecule has 1 heterocycles. The van der Waals surface area contributed by atoms with E-state index in [0.717, 1.165) is 30.7 Å². The summed E-state index contributed by atoms with van der Waals surface area (Å²) in [5, 5.41) is 19.4. The molecule has 2 aromatic carbocycles. The molecule has 0 spiro atoms. The number of aromatic nitrogens is 1. The summed E-state index contributed by atoms with van der Waals surface area (Å²) in [6, 6.07) is 10.4. The van der Waals surface area contributed by atoms with Gasteiger partial charge in [-0.25, -0.2) is 27.3 Å². The van der Waals surface area contributed by atoms with Gasteiger partial charge in [-0.3, -0.25) is 5.32 Å². The summed E-state index contributed by atoms with van der Waals surface area (Å²) in [6.45, 7) is 8.98. The van der Waals surface area contributed by atoms with Crippen molar-refractivity contribution >= 4 is 33.1 Å². The number of hydrogen-bond donors (Lipinski definition) is 5. The Morgan fingerprint density at radius 1 is 1.14 bits per heavy atom. The van der Waals surface area contributed by atoms with Gasteiger partial charge in [-0.05, 0) is 78.5 Å². The molecule has 4 rings (SSSR count). The summed E-state index contributed by atoms with van der Waals surface area (Å²) >= 11 is 1.46. The van der Waals surface area contributed by atoms with E-state index in [1.54, 1.807) is 57.3 Å². The Bertz CT molecular complexity index is 1530. The molecular weight excluding hydrogens is 606 g/mol. The molecule has 13 heteroatoms. The largest absolute Gasteiger partial charge is 0.356 e. The highest BCUT2D eigenvalue weighted by molar-refractivity contribution is 7.89. The van der Waals surface area contributed by atoms with Crippen LogP contribution < -0.4 is 20.7 Å². The number of thiazole rings is 1. The van der Waals surface area contributed by atoms with E-state index in [2.05, 4.69) is 25.7 Å². The molecule has 0 aliphatic heterocycles. The van der Waals surface area contributed by atoms with Gasteiger partial charge >= 0.3 is 6.03 Å². The second-order valence-corrected chi connectivity index (χ2v) is 15.0. The fourth-order valence-electron chi connectivity index (χ4n) is 5.08. The Balaban J connectivity index is 1.51. The zero-order chi connectivity index (χ0) is 32.1. The van der Waals surface area contributed by atoms with Gasteiger partial charge in [0.2, 0.25) is 16.4 Å². The van der Waals surface area contributed by atoms with Crippen LogP contribution in [0.3, 0.4) is 0 Å². The summed E-state index contributed by atoms with van der Waals surface area (Å²) in [5.41, 5.74) is 0.343. The average molecular weight is 648 g/mol. The number of carbonyl (C=O) groups excluding carboxylic acids is 1. The molecule has 5 N–H and O–H groups in total. The smallest absolute Gasteiger partial charge is 0.319 e. The van der Waals surface area contributed by atoms with Crippen LogP contribution in [0.25, 0.3) is 10.4 Å². The molecule has 1 unspecified atom stereocenters. The minimum atomic E-state index is -4.00. The van der Waals surface area contributed by atoms with Crippen LogP contribution in [0.5, 0.6) is 0 Å². The Hall–Kier alpha value is -2.94. The van der Waals surface area contributed by atoms with Gasteiger partial charge in [-0.15, -0.1) is 11.3 Å². The molecule has 2 amide bonds. The summed E-state index contributed by atoms with van der Waals surface area (Å²) in [7, 11) is -4.00. The maximum absolute atomic E-state index is 13.9. The number of ether oxygens (including phenoxy) is 1. The molecular formula is C31H42FN5O5S2. The monoisotopic (exact) mass is 647 g/mol. The number of halogens is 1. The van der Waals surface area contributed by atoms with Crippen molar-refractivity contribution in [1.29, 1.82) is 0 Å². The van der Waals surface area contributed by atoms with E-state index >= 15 is 0 Å². The predicted octanol–water partition coefficient (Wildman–Crippen LogP) is 5.66. The first-order valence-electron chi connectivity index (χ1n) is 14.7. The number of aliphatic hydroxyl groups excluding tert-OH is 1. The van der Waals surface area contributed by atoms with E-state index in [9.17, 15) is 22.7 Å². The number of hydrogen-bond acceptors (Lipinski definition) is 8. The van der Waals surface area contributed by atoms with E-state index in [-0.39, 0.29) is 35.2 Å².